The highest BCUT2D eigenvalue weighted by atomic mass is 35.5. The molecule has 1 atom stereocenters. The summed E-state index contributed by atoms with van der Waals surface area (Å²) in [5.74, 6) is 1.60. The summed E-state index contributed by atoms with van der Waals surface area (Å²) in [7, 11) is 0.322. The van der Waals surface area contributed by atoms with Gasteiger partial charge >= 0.3 is 6.09 Å². The minimum Gasteiger partial charge on any atom is -0.465 e. The molecule has 3 aromatic rings. The van der Waals surface area contributed by atoms with Crippen molar-refractivity contribution in [2.75, 3.05) is 38.3 Å². The number of carboxylic acid groups (broad SMARTS) is 1. The summed E-state index contributed by atoms with van der Waals surface area (Å²) in [6, 6.07) is 9.03. The summed E-state index contributed by atoms with van der Waals surface area (Å²) >= 11 is 6.23. The normalized spacial score (nSPS) is 16.2. The van der Waals surface area contributed by atoms with Crippen LogP contribution in [0.25, 0.3) is 22.6 Å². The number of halogens is 1. The number of alkyl halides is 1. The Morgan fingerprint density at radius 2 is 2.05 bits per heavy atom. The highest BCUT2D eigenvalue weighted by Crippen LogP contribution is 2.27. The van der Waals surface area contributed by atoms with E-state index in [9.17, 15) is 9.90 Å². The van der Waals surface area contributed by atoms with Crippen molar-refractivity contribution in [1.82, 2.24) is 24.4 Å². The lowest BCUT2D eigenvalue weighted by molar-refractivity contribution is 0.0865. The van der Waals surface area contributed by atoms with Crippen molar-refractivity contribution in [3.63, 3.8) is 0 Å². The SMILES string of the molecule is CC[C@H]1COCCN1c1cc(CCl)nc(-c2ccc3c(cc(CN(C)C(=O)O)n3COCC[Si](C)(C)C)n2)n1. The molecule has 4 rings (SSSR count). The van der Waals surface area contributed by atoms with E-state index in [4.69, 9.17) is 31.0 Å². The van der Waals surface area contributed by atoms with Crippen molar-refractivity contribution in [3.05, 3.63) is 35.7 Å². The second kappa shape index (κ2) is 12.6. The molecule has 0 spiro atoms. The van der Waals surface area contributed by atoms with Crippen LogP contribution in [0.5, 0.6) is 0 Å². The van der Waals surface area contributed by atoms with Gasteiger partial charge in [-0.3, -0.25) is 0 Å². The van der Waals surface area contributed by atoms with Gasteiger partial charge in [-0.15, -0.1) is 11.6 Å². The zero-order valence-corrected chi connectivity index (χ0v) is 25.2. The molecule has 12 heteroatoms. The molecule has 212 valence electrons. The lowest BCUT2D eigenvalue weighted by Crippen LogP contribution is -2.45. The predicted molar refractivity (Wildman–Crippen MR) is 156 cm³/mol. The zero-order valence-electron chi connectivity index (χ0n) is 23.5. The van der Waals surface area contributed by atoms with E-state index >= 15 is 0 Å². The standard InChI is InChI=1S/C27H39ClN6O4Si/c1-6-20-17-37-10-9-33(20)25-13-19(15-28)29-26(31-25)22-7-8-24-23(30-22)14-21(16-32(2)27(35)36)34(24)18-38-11-12-39(3,4)5/h7-8,13-14,20H,6,9-12,15-18H2,1-5H3,(H,35,36)/t20-/m0/s1. The lowest BCUT2D eigenvalue weighted by Gasteiger charge is -2.36. The molecule has 0 aromatic carbocycles. The number of nitrogens with zero attached hydrogens (tertiary/aromatic N) is 6. The molecule has 0 saturated carbocycles. The van der Waals surface area contributed by atoms with Crippen molar-refractivity contribution in [1.29, 1.82) is 0 Å². The molecule has 0 aliphatic carbocycles. The van der Waals surface area contributed by atoms with Crippen LogP contribution in [0, 0.1) is 0 Å². The molecule has 10 nitrogen and oxygen atoms in total. The second-order valence-electron chi connectivity index (χ2n) is 11.2. The number of hydrogen-bond acceptors (Lipinski definition) is 7. The first kappa shape index (κ1) is 29.3. The number of pyridine rings is 1. The van der Waals surface area contributed by atoms with Crippen LogP contribution in [-0.2, 0) is 28.6 Å². The predicted octanol–water partition coefficient (Wildman–Crippen LogP) is 5.27. The van der Waals surface area contributed by atoms with Gasteiger partial charge in [-0.1, -0.05) is 26.6 Å². The molecule has 0 bridgehead atoms. The second-order valence-corrected chi connectivity index (χ2v) is 17.0. The minimum absolute atomic E-state index is 0.218. The van der Waals surface area contributed by atoms with Crippen molar-refractivity contribution >= 4 is 42.6 Å². The summed E-state index contributed by atoms with van der Waals surface area (Å²) < 4.78 is 13.7. The van der Waals surface area contributed by atoms with E-state index in [0.717, 1.165) is 47.2 Å². The highest BCUT2D eigenvalue weighted by Gasteiger charge is 2.24. The van der Waals surface area contributed by atoms with Gasteiger partial charge in [0.25, 0.3) is 0 Å². The zero-order chi connectivity index (χ0) is 28.2. The maximum Gasteiger partial charge on any atom is 0.407 e. The number of morpholine rings is 1. The fourth-order valence-electron chi connectivity index (χ4n) is 4.55. The molecule has 1 saturated heterocycles. The maximum atomic E-state index is 11.5. The molecule has 39 heavy (non-hydrogen) atoms. The molecular formula is C27H39ClN6O4Si. The monoisotopic (exact) mass is 574 g/mol. The van der Waals surface area contributed by atoms with Crippen LogP contribution in [0.1, 0.15) is 24.7 Å². The van der Waals surface area contributed by atoms with Gasteiger partial charge < -0.3 is 28.9 Å². The van der Waals surface area contributed by atoms with Gasteiger partial charge in [-0.2, -0.15) is 0 Å². The average Bonchev–Trinajstić information content (AvgIpc) is 3.25. The number of rotatable bonds is 11. The minimum atomic E-state index is -1.23. The molecule has 1 amide bonds. The molecule has 0 radical (unpaired) electrons. The van der Waals surface area contributed by atoms with Crippen molar-refractivity contribution in [2.45, 2.75) is 64.2 Å². The third kappa shape index (κ3) is 7.27. The molecule has 1 aliphatic rings. The Morgan fingerprint density at radius 3 is 2.74 bits per heavy atom. The number of hydrogen-bond donors (Lipinski definition) is 1. The third-order valence-corrected chi connectivity index (χ3v) is 8.89. The molecule has 1 fully saturated rings. The molecule has 4 heterocycles. The van der Waals surface area contributed by atoms with Crippen LogP contribution in [0.15, 0.2) is 24.3 Å². The Labute approximate surface area is 235 Å². The van der Waals surface area contributed by atoms with Crippen LogP contribution in [-0.4, -0.2) is 83.1 Å². The van der Waals surface area contributed by atoms with Gasteiger partial charge in [0.15, 0.2) is 5.82 Å². The van der Waals surface area contributed by atoms with Gasteiger partial charge in [0, 0.05) is 40.0 Å². The first-order valence-electron chi connectivity index (χ1n) is 13.4. The van der Waals surface area contributed by atoms with E-state index in [0.29, 0.717) is 38.1 Å². The number of anilines is 1. The van der Waals surface area contributed by atoms with E-state index in [2.05, 4.69) is 36.4 Å². The summed E-state index contributed by atoms with van der Waals surface area (Å²) in [6.07, 6.45) is -0.0478. The largest absolute Gasteiger partial charge is 0.465 e. The fourth-order valence-corrected chi connectivity index (χ4v) is 5.45. The Hall–Kier alpha value is -2.73. The Bertz CT molecular complexity index is 1300. The lowest BCUT2D eigenvalue weighted by atomic mass is 10.1. The van der Waals surface area contributed by atoms with Crippen molar-refractivity contribution in [2.24, 2.45) is 0 Å². The van der Waals surface area contributed by atoms with Crippen LogP contribution < -0.4 is 4.90 Å². The number of amides is 1. The summed E-state index contributed by atoms with van der Waals surface area (Å²) in [6.45, 7) is 12.4. The third-order valence-electron chi connectivity index (χ3n) is 6.91. The topological polar surface area (TPSA) is 106 Å². The Balaban J connectivity index is 1.69. The Kier molecular flexibility index (Phi) is 9.47. The van der Waals surface area contributed by atoms with Crippen molar-refractivity contribution in [3.8, 4) is 11.5 Å². The Morgan fingerprint density at radius 1 is 1.26 bits per heavy atom. The van der Waals surface area contributed by atoms with Gasteiger partial charge in [0.2, 0.25) is 0 Å². The number of aromatic nitrogens is 4. The van der Waals surface area contributed by atoms with E-state index in [1.165, 1.54) is 4.90 Å². The van der Waals surface area contributed by atoms with E-state index in [1.807, 2.05) is 28.8 Å². The molecule has 1 N–H and O–H groups in total. The summed E-state index contributed by atoms with van der Waals surface area (Å²) in [5.41, 5.74) is 3.77. The van der Waals surface area contributed by atoms with Gasteiger partial charge in [-0.05, 0) is 30.7 Å². The molecule has 0 unspecified atom stereocenters. The van der Waals surface area contributed by atoms with Crippen LogP contribution in [0.3, 0.4) is 0 Å². The van der Waals surface area contributed by atoms with E-state index in [-0.39, 0.29) is 18.5 Å². The highest BCUT2D eigenvalue weighted by molar-refractivity contribution is 6.76. The first-order valence-corrected chi connectivity index (χ1v) is 17.6. The summed E-state index contributed by atoms with van der Waals surface area (Å²) in [4.78, 5) is 29.5. The van der Waals surface area contributed by atoms with Crippen LogP contribution >= 0.6 is 11.6 Å². The quantitative estimate of drug-likeness (QED) is 0.187. The average molecular weight is 575 g/mol. The van der Waals surface area contributed by atoms with E-state index < -0.39 is 14.2 Å². The first-order chi connectivity index (χ1) is 18.6. The number of carbonyl (C=O) groups is 1. The molecule has 1 aliphatic heterocycles. The van der Waals surface area contributed by atoms with Gasteiger partial charge in [0.05, 0.1) is 48.4 Å². The number of fused-ring (bicyclic) bond motifs is 1. The fraction of sp³-hybridized carbons (Fsp3) is 0.556. The number of ether oxygens (including phenoxy) is 2. The summed E-state index contributed by atoms with van der Waals surface area (Å²) in [5, 5.41) is 9.46. The maximum absolute atomic E-state index is 11.5. The smallest absolute Gasteiger partial charge is 0.407 e. The van der Waals surface area contributed by atoms with E-state index in [1.54, 1.807) is 7.05 Å². The van der Waals surface area contributed by atoms with Crippen LogP contribution in [0.2, 0.25) is 25.7 Å². The molecular weight excluding hydrogens is 536 g/mol. The van der Waals surface area contributed by atoms with Crippen molar-refractivity contribution < 1.29 is 19.4 Å². The van der Waals surface area contributed by atoms with Gasteiger partial charge in [0.1, 0.15) is 18.2 Å². The van der Waals surface area contributed by atoms with Crippen LogP contribution in [0.4, 0.5) is 10.6 Å². The van der Waals surface area contributed by atoms with Gasteiger partial charge in [-0.25, -0.2) is 19.7 Å². The molecule has 3 aromatic heterocycles.